The Labute approximate surface area is 248 Å². The van der Waals surface area contributed by atoms with Crippen LogP contribution < -0.4 is 14.4 Å². The molecule has 2 amide bonds. The van der Waals surface area contributed by atoms with Crippen molar-refractivity contribution in [3.63, 3.8) is 0 Å². The van der Waals surface area contributed by atoms with Crippen molar-refractivity contribution in [1.82, 2.24) is 10.2 Å². The Bertz CT molecular complexity index is 1390. The first-order chi connectivity index (χ1) is 19.6. The minimum Gasteiger partial charge on any atom is -0.497 e. The van der Waals surface area contributed by atoms with Gasteiger partial charge in [-0.25, -0.2) is 8.42 Å². The van der Waals surface area contributed by atoms with Gasteiger partial charge in [-0.05, 0) is 80.6 Å². The number of anilines is 1. The first kappa shape index (κ1) is 32.0. The third kappa shape index (κ3) is 8.50. The minimum absolute atomic E-state index is 0.0794. The highest BCUT2D eigenvalue weighted by Gasteiger charge is 2.32. The maximum absolute atomic E-state index is 14.0. The summed E-state index contributed by atoms with van der Waals surface area (Å²) in [4.78, 5) is 29.5. The summed E-state index contributed by atoms with van der Waals surface area (Å²) in [5.41, 5.74) is 2.10. The molecule has 41 heavy (non-hydrogen) atoms. The Morgan fingerprint density at radius 3 is 2.17 bits per heavy atom. The predicted octanol–water partition coefficient (Wildman–Crippen LogP) is 5.25. The summed E-state index contributed by atoms with van der Waals surface area (Å²) >= 11 is 1.51. The summed E-state index contributed by atoms with van der Waals surface area (Å²) in [6.07, 6.45) is 3.65. The SMILES string of the molecule is CCCCNC(=O)[C@@H](C)N(Cc1ccc(OC)cc1)C(=O)CN(c1ccc(C)cc1)S(=O)(=O)c1ccc(SC)cc1. The second-order valence-electron chi connectivity index (χ2n) is 9.71. The minimum atomic E-state index is -4.11. The lowest BCUT2D eigenvalue weighted by molar-refractivity contribution is -0.139. The molecule has 1 atom stereocenters. The highest BCUT2D eigenvalue weighted by atomic mass is 32.2. The average molecular weight is 598 g/mol. The van der Waals surface area contributed by atoms with Gasteiger partial charge in [0.25, 0.3) is 10.0 Å². The van der Waals surface area contributed by atoms with Crippen LogP contribution in [0.4, 0.5) is 5.69 Å². The molecule has 3 aromatic rings. The lowest BCUT2D eigenvalue weighted by Crippen LogP contribution is -2.51. The Morgan fingerprint density at radius 1 is 0.976 bits per heavy atom. The van der Waals surface area contributed by atoms with Gasteiger partial charge in [-0.15, -0.1) is 11.8 Å². The molecule has 0 saturated carbocycles. The molecule has 3 aromatic carbocycles. The fraction of sp³-hybridized carbons (Fsp3) is 0.355. The first-order valence-electron chi connectivity index (χ1n) is 13.5. The molecule has 10 heteroatoms. The fourth-order valence-corrected chi connectivity index (χ4v) is 5.98. The maximum atomic E-state index is 14.0. The number of rotatable bonds is 14. The number of carbonyl (C=O) groups is 2. The van der Waals surface area contributed by atoms with E-state index in [0.29, 0.717) is 18.0 Å². The number of nitrogens with zero attached hydrogens (tertiary/aromatic N) is 2. The molecule has 8 nitrogen and oxygen atoms in total. The molecule has 0 heterocycles. The molecule has 0 aliphatic carbocycles. The summed E-state index contributed by atoms with van der Waals surface area (Å²) in [7, 11) is -2.53. The molecule has 0 fully saturated rings. The number of ether oxygens (including phenoxy) is 1. The lowest BCUT2D eigenvalue weighted by atomic mass is 10.1. The monoisotopic (exact) mass is 597 g/mol. The Hall–Kier alpha value is -3.50. The number of amides is 2. The van der Waals surface area contributed by atoms with Crippen molar-refractivity contribution in [2.45, 2.75) is 56.0 Å². The van der Waals surface area contributed by atoms with E-state index in [1.807, 2.05) is 32.2 Å². The molecular weight excluding hydrogens is 558 g/mol. The van der Waals surface area contributed by atoms with Crippen molar-refractivity contribution in [1.29, 1.82) is 0 Å². The van der Waals surface area contributed by atoms with Crippen LogP contribution in [0.15, 0.2) is 82.6 Å². The molecule has 0 spiro atoms. The molecule has 0 radical (unpaired) electrons. The van der Waals surface area contributed by atoms with Crippen LogP contribution in [0.3, 0.4) is 0 Å². The number of sulfonamides is 1. The van der Waals surface area contributed by atoms with Gasteiger partial charge in [0, 0.05) is 18.0 Å². The molecule has 0 bridgehead atoms. The summed E-state index contributed by atoms with van der Waals surface area (Å²) in [6, 6.07) is 19.9. The van der Waals surface area contributed by atoms with Crippen LogP contribution in [-0.4, -0.2) is 57.6 Å². The smallest absolute Gasteiger partial charge is 0.264 e. The Kier molecular flexibility index (Phi) is 11.7. The maximum Gasteiger partial charge on any atom is 0.264 e. The average Bonchev–Trinajstić information content (AvgIpc) is 2.99. The van der Waals surface area contributed by atoms with E-state index in [2.05, 4.69) is 5.32 Å². The highest BCUT2D eigenvalue weighted by Crippen LogP contribution is 2.26. The van der Waals surface area contributed by atoms with E-state index in [4.69, 9.17) is 4.74 Å². The molecule has 3 rings (SSSR count). The van der Waals surface area contributed by atoms with Crippen molar-refractivity contribution < 1.29 is 22.7 Å². The zero-order chi connectivity index (χ0) is 30.0. The van der Waals surface area contributed by atoms with Crippen LogP contribution in [0, 0.1) is 6.92 Å². The van der Waals surface area contributed by atoms with Crippen molar-refractivity contribution in [2.24, 2.45) is 0 Å². The van der Waals surface area contributed by atoms with Gasteiger partial charge >= 0.3 is 0 Å². The van der Waals surface area contributed by atoms with Gasteiger partial charge in [-0.3, -0.25) is 13.9 Å². The molecule has 0 aromatic heterocycles. The molecule has 0 aliphatic heterocycles. The number of unbranched alkanes of at least 4 members (excludes halogenated alkanes) is 1. The zero-order valence-electron chi connectivity index (χ0n) is 24.3. The van der Waals surface area contributed by atoms with E-state index in [1.54, 1.807) is 74.7 Å². The number of aryl methyl sites for hydroxylation is 1. The summed E-state index contributed by atoms with van der Waals surface area (Å²) in [5.74, 6) is -0.123. The lowest BCUT2D eigenvalue weighted by Gasteiger charge is -2.32. The van der Waals surface area contributed by atoms with Gasteiger partial charge in [-0.1, -0.05) is 43.2 Å². The van der Waals surface area contributed by atoms with Crippen LogP contribution in [0.2, 0.25) is 0 Å². The van der Waals surface area contributed by atoms with E-state index in [1.165, 1.54) is 16.7 Å². The number of thioether (sulfide) groups is 1. The number of benzene rings is 3. The van der Waals surface area contributed by atoms with E-state index in [9.17, 15) is 18.0 Å². The molecule has 1 N–H and O–H groups in total. The van der Waals surface area contributed by atoms with Crippen LogP contribution >= 0.6 is 11.8 Å². The second-order valence-corrected chi connectivity index (χ2v) is 12.5. The first-order valence-corrected chi connectivity index (χ1v) is 16.2. The van der Waals surface area contributed by atoms with Gasteiger partial charge in [0.05, 0.1) is 17.7 Å². The van der Waals surface area contributed by atoms with Gasteiger partial charge < -0.3 is 15.0 Å². The molecule has 0 saturated heterocycles. The van der Waals surface area contributed by atoms with Gasteiger partial charge in [-0.2, -0.15) is 0 Å². The Balaban J connectivity index is 1.99. The van der Waals surface area contributed by atoms with Gasteiger partial charge in [0.2, 0.25) is 11.8 Å². The summed E-state index contributed by atoms with van der Waals surface area (Å²) in [5, 5.41) is 2.89. The van der Waals surface area contributed by atoms with E-state index in [0.717, 1.165) is 33.2 Å². The number of nitrogens with one attached hydrogen (secondary N) is 1. The second kappa shape index (κ2) is 14.9. The van der Waals surface area contributed by atoms with E-state index >= 15 is 0 Å². The topological polar surface area (TPSA) is 96.0 Å². The third-order valence-corrected chi connectivity index (χ3v) is 9.29. The highest BCUT2D eigenvalue weighted by molar-refractivity contribution is 7.98. The standard InChI is InChI=1S/C31H39N3O5S2/c1-6-7-20-32-31(36)24(3)33(21-25-10-14-27(39-4)15-11-25)30(35)22-34(26-12-8-23(2)9-13-26)41(37,38)29-18-16-28(40-5)17-19-29/h8-19,24H,6-7,20-22H2,1-5H3,(H,32,36)/t24-/m1/s1. The number of hydrogen-bond donors (Lipinski definition) is 1. The molecule has 0 unspecified atom stereocenters. The number of carbonyl (C=O) groups excluding carboxylic acids is 2. The molecular formula is C31H39N3O5S2. The summed E-state index contributed by atoms with van der Waals surface area (Å²) < 4.78 is 34.2. The number of methoxy groups -OCH3 is 1. The van der Waals surface area contributed by atoms with E-state index in [-0.39, 0.29) is 17.3 Å². The van der Waals surface area contributed by atoms with Crippen molar-refractivity contribution >= 4 is 39.3 Å². The predicted molar refractivity (Wildman–Crippen MR) is 165 cm³/mol. The van der Waals surface area contributed by atoms with Crippen molar-refractivity contribution in [3.05, 3.63) is 83.9 Å². The van der Waals surface area contributed by atoms with Crippen LogP contribution in [-0.2, 0) is 26.2 Å². The summed E-state index contributed by atoms with van der Waals surface area (Å²) in [6.45, 7) is 5.75. The third-order valence-electron chi connectivity index (χ3n) is 6.76. The van der Waals surface area contributed by atoms with Crippen LogP contribution in [0.1, 0.15) is 37.8 Å². The van der Waals surface area contributed by atoms with Crippen molar-refractivity contribution in [2.75, 3.05) is 30.8 Å². The van der Waals surface area contributed by atoms with E-state index < -0.39 is 28.5 Å². The molecule has 220 valence electrons. The van der Waals surface area contributed by atoms with Gasteiger partial charge in [0.1, 0.15) is 18.3 Å². The normalized spacial score (nSPS) is 11.9. The van der Waals surface area contributed by atoms with Crippen molar-refractivity contribution in [3.8, 4) is 5.75 Å². The number of hydrogen-bond acceptors (Lipinski definition) is 6. The van der Waals surface area contributed by atoms with Crippen LogP contribution in [0.5, 0.6) is 5.75 Å². The van der Waals surface area contributed by atoms with Crippen LogP contribution in [0.25, 0.3) is 0 Å². The zero-order valence-corrected chi connectivity index (χ0v) is 25.9. The largest absolute Gasteiger partial charge is 0.497 e. The fourth-order valence-electron chi connectivity index (χ4n) is 4.16. The Morgan fingerprint density at radius 2 is 1.61 bits per heavy atom. The quantitative estimate of drug-likeness (QED) is 0.201. The molecule has 0 aliphatic rings. The van der Waals surface area contributed by atoms with Gasteiger partial charge in [0.15, 0.2) is 0 Å².